The van der Waals surface area contributed by atoms with E-state index in [4.69, 9.17) is 9.47 Å². The van der Waals surface area contributed by atoms with Crippen molar-refractivity contribution in [1.82, 2.24) is 4.90 Å². The van der Waals surface area contributed by atoms with Gasteiger partial charge in [0.2, 0.25) is 0 Å². The molecule has 4 heteroatoms. The second kappa shape index (κ2) is 7.26. The zero-order valence-electron chi connectivity index (χ0n) is 11.6. The van der Waals surface area contributed by atoms with Gasteiger partial charge in [-0.3, -0.25) is 4.90 Å². The molecular formula is C13H26INO2. The van der Waals surface area contributed by atoms with Crippen molar-refractivity contribution >= 4 is 22.6 Å². The molecule has 0 aromatic carbocycles. The summed E-state index contributed by atoms with van der Waals surface area (Å²) in [6.07, 6.45) is 2.37. The van der Waals surface area contributed by atoms with Gasteiger partial charge in [-0.2, -0.15) is 0 Å². The maximum atomic E-state index is 5.52. The molecule has 1 aliphatic heterocycles. The summed E-state index contributed by atoms with van der Waals surface area (Å²) in [6.45, 7) is 7.90. The normalized spacial score (nSPS) is 35.5. The Morgan fingerprint density at radius 3 is 2.29 bits per heavy atom. The minimum atomic E-state index is -0.114. The largest absolute Gasteiger partial charge is 0.354 e. The molecule has 1 saturated heterocycles. The van der Waals surface area contributed by atoms with Crippen LogP contribution in [-0.2, 0) is 9.47 Å². The van der Waals surface area contributed by atoms with Crippen LogP contribution in [0.4, 0.5) is 0 Å². The predicted molar refractivity (Wildman–Crippen MR) is 79.6 cm³/mol. The van der Waals surface area contributed by atoms with Crippen molar-refractivity contribution in [3.63, 3.8) is 0 Å². The third-order valence-electron chi connectivity index (χ3n) is 4.04. The van der Waals surface area contributed by atoms with Gasteiger partial charge in [0.1, 0.15) is 0 Å². The van der Waals surface area contributed by atoms with Crippen LogP contribution in [0.15, 0.2) is 0 Å². The van der Waals surface area contributed by atoms with Crippen LogP contribution in [0.3, 0.4) is 0 Å². The van der Waals surface area contributed by atoms with Gasteiger partial charge in [0.15, 0.2) is 6.29 Å². The van der Waals surface area contributed by atoms with E-state index in [1.54, 1.807) is 14.2 Å². The summed E-state index contributed by atoms with van der Waals surface area (Å²) < 4.78 is 11.7. The standard InChI is InChI=1S/C13H26INO2/c1-6-10-8-11(14)9(3)12(15(10)7-2)13(16-4)17-5/h9-13H,6-8H2,1-5H3/t9-,10?,11?,12?/m0/s1. The third-order valence-corrected chi connectivity index (χ3v) is 5.68. The molecule has 0 bridgehead atoms. The van der Waals surface area contributed by atoms with Crippen molar-refractivity contribution in [2.24, 2.45) is 5.92 Å². The fraction of sp³-hybridized carbons (Fsp3) is 1.00. The van der Waals surface area contributed by atoms with Gasteiger partial charge in [-0.05, 0) is 25.3 Å². The zero-order valence-corrected chi connectivity index (χ0v) is 13.8. The lowest BCUT2D eigenvalue weighted by molar-refractivity contribution is -0.171. The molecule has 3 nitrogen and oxygen atoms in total. The summed E-state index contributed by atoms with van der Waals surface area (Å²) in [5.74, 6) is 0.600. The number of rotatable bonds is 5. The van der Waals surface area contributed by atoms with Crippen LogP contribution in [0.5, 0.6) is 0 Å². The van der Waals surface area contributed by atoms with Crippen LogP contribution in [0.25, 0.3) is 0 Å². The van der Waals surface area contributed by atoms with E-state index in [2.05, 4.69) is 48.3 Å². The summed E-state index contributed by atoms with van der Waals surface area (Å²) in [5, 5.41) is 0. The molecule has 102 valence electrons. The molecular weight excluding hydrogens is 329 g/mol. The molecule has 17 heavy (non-hydrogen) atoms. The molecule has 0 spiro atoms. The Bertz CT molecular complexity index is 221. The van der Waals surface area contributed by atoms with Crippen molar-refractivity contribution in [3.05, 3.63) is 0 Å². The lowest BCUT2D eigenvalue weighted by Crippen LogP contribution is -2.59. The molecule has 1 fully saturated rings. The van der Waals surface area contributed by atoms with Crippen LogP contribution in [-0.4, -0.2) is 48.0 Å². The van der Waals surface area contributed by atoms with E-state index in [1.807, 2.05) is 0 Å². The van der Waals surface area contributed by atoms with Gasteiger partial charge in [0.05, 0.1) is 6.04 Å². The Balaban J connectivity index is 2.92. The Kier molecular flexibility index (Phi) is 6.69. The lowest BCUT2D eigenvalue weighted by atomic mass is 9.85. The van der Waals surface area contributed by atoms with Gasteiger partial charge < -0.3 is 9.47 Å². The number of nitrogens with zero attached hydrogens (tertiary/aromatic N) is 1. The molecule has 0 aliphatic carbocycles. The average Bonchev–Trinajstić information content (AvgIpc) is 2.35. The van der Waals surface area contributed by atoms with Crippen molar-refractivity contribution in [3.8, 4) is 0 Å². The first-order valence-corrected chi connectivity index (χ1v) is 7.80. The van der Waals surface area contributed by atoms with Gasteiger partial charge in [0, 0.05) is 24.2 Å². The predicted octanol–water partition coefficient (Wildman–Crippen LogP) is 2.92. The Morgan fingerprint density at radius 1 is 1.29 bits per heavy atom. The molecule has 0 radical (unpaired) electrons. The Labute approximate surface area is 119 Å². The van der Waals surface area contributed by atoms with E-state index in [-0.39, 0.29) is 6.29 Å². The first-order valence-electron chi connectivity index (χ1n) is 6.56. The highest BCUT2D eigenvalue weighted by molar-refractivity contribution is 14.1. The molecule has 0 aromatic heterocycles. The minimum absolute atomic E-state index is 0.114. The smallest absolute Gasteiger partial charge is 0.172 e. The van der Waals surface area contributed by atoms with Crippen molar-refractivity contribution in [2.45, 2.75) is 55.9 Å². The number of methoxy groups -OCH3 is 2. The fourth-order valence-corrected chi connectivity index (χ4v) is 4.03. The molecule has 1 rings (SSSR count). The van der Waals surface area contributed by atoms with Crippen LogP contribution in [0, 0.1) is 5.92 Å². The summed E-state index contributed by atoms with van der Waals surface area (Å²) in [7, 11) is 3.49. The molecule has 0 aromatic rings. The minimum Gasteiger partial charge on any atom is -0.354 e. The highest BCUT2D eigenvalue weighted by Gasteiger charge is 2.42. The summed E-state index contributed by atoms with van der Waals surface area (Å²) >= 11 is 2.59. The molecule has 1 heterocycles. The number of halogens is 1. The van der Waals surface area contributed by atoms with Crippen molar-refractivity contribution in [1.29, 1.82) is 0 Å². The molecule has 0 N–H and O–H groups in total. The van der Waals surface area contributed by atoms with Crippen molar-refractivity contribution < 1.29 is 9.47 Å². The summed E-state index contributed by atoms with van der Waals surface area (Å²) in [4.78, 5) is 2.57. The van der Waals surface area contributed by atoms with E-state index in [0.717, 1.165) is 6.54 Å². The van der Waals surface area contributed by atoms with E-state index in [1.165, 1.54) is 12.8 Å². The number of likely N-dealkylation sites (tertiary alicyclic amines) is 1. The average molecular weight is 355 g/mol. The maximum absolute atomic E-state index is 5.52. The summed E-state index contributed by atoms with van der Waals surface area (Å²) in [6, 6.07) is 1.03. The Hall–Kier alpha value is 0.610. The fourth-order valence-electron chi connectivity index (χ4n) is 3.02. The quantitative estimate of drug-likeness (QED) is 0.430. The lowest BCUT2D eigenvalue weighted by Gasteiger charge is -2.49. The van der Waals surface area contributed by atoms with Crippen LogP contribution < -0.4 is 0 Å². The van der Waals surface area contributed by atoms with E-state index < -0.39 is 0 Å². The molecule has 1 aliphatic rings. The number of hydrogen-bond donors (Lipinski definition) is 0. The highest BCUT2D eigenvalue weighted by Crippen LogP contribution is 2.36. The van der Waals surface area contributed by atoms with Gasteiger partial charge in [0.25, 0.3) is 0 Å². The van der Waals surface area contributed by atoms with Gasteiger partial charge >= 0.3 is 0 Å². The third kappa shape index (κ3) is 3.33. The van der Waals surface area contributed by atoms with Crippen LogP contribution >= 0.6 is 22.6 Å². The second-order valence-corrected chi connectivity index (χ2v) is 6.43. The van der Waals surface area contributed by atoms with Crippen molar-refractivity contribution in [2.75, 3.05) is 20.8 Å². The molecule has 0 saturated carbocycles. The van der Waals surface area contributed by atoms with E-state index in [0.29, 0.717) is 21.9 Å². The summed E-state index contributed by atoms with van der Waals surface area (Å²) in [5.41, 5.74) is 0. The number of alkyl halides is 1. The number of ether oxygens (including phenoxy) is 2. The van der Waals surface area contributed by atoms with Gasteiger partial charge in [-0.15, -0.1) is 0 Å². The topological polar surface area (TPSA) is 21.7 Å². The second-order valence-electron chi connectivity index (χ2n) is 4.83. The molecule has 3 unspecified atom stereocenters. The Morgan fingerprint density at radius 2 is 1.88 bits per heavy atom. The number of hydrogen-bond acceptors (Lipinski definition) is 3. The maximum Gasteiger partial charge on any atom is 0.172 e. The van der Waals surface area contributed by atoms with Gasteiger partial charge in [-0.25, -0.2) is 0 Å². The monoisotopic (exact) mass is 355 g/mol. The first-order chi connectivity index (χ1) is 8.10. The van der Waals surface area contributed by atoms with Gasteiger partial charge in [-0.1, -0.05) is 43.4 Å². The SMILES string of the molecule is CCC1CC(I)[C@H](C)C(C(OC)OC)N1CC. The number of likely N-dealkylation sites (N-methyl/N-ethyl adjacent to an activating group) is 1. The van der Waals surface area contributed by atoms with Crippen LogP contribution in [0.2, 0.25) is 0 Å². The van der Waals surface area contributed by atoms with E-state index in [9.17, 15) is 0 Å². The highest BCUT2D eigenvalue weighted by atomic mass is 127. The number of piperidine rings is 1. The van der Waals surface area contributed by atoms with Crippen LogP contribution in [0.1, 0.15) is 33.6 Å². The first kappa shape index (κ1) is 15.7. The molecule has 4 atom stereocenters. The zero-order chi connectivity index (χ0) is 13.0. The van der Waals surface area contributed by atoms with E-state index >= 15 is 0 Å². The molecule has 0 amide bonds.